The van der Waals surface area contributed by atoms with Gasteiger partial charge in [-0.05, 0) is 49.2 Å². The average molecular weight is 1020 g/mol. The van der Waals surface area contributed by atoms with Crippen molar-refractivity contribution in [2.24, 2.45) is 28.6 Å². The Kier molecular flexibility index (Phi) is 26.3. The van der Waals surface area contributed by atoms with Gasteiger partial charge in [-0.3, -0.25) is 9.59 Å². The zero-order valence-corrected chi connectivity index (χ0v) is 45.0. The molecule has 6 N–H and O–H groups in total. The highest BCUT2D eigenvalue weighted by atomic mass is 35.5. The number of ether oxygens (including phenoxy) is 2. The normalized spacial score (nSPS) is 18.3. The van der Waals surface area contributed by atoms with E-state index >= 15 is 0 Å². The van der Waals surface area contributed by atoms with Gasteiger partial charge < -0.3 is 40.5 Å². The smallest absolute Gasteiger partial charge is 0.338 e. The summed E-state index contributed by atoms with van der Waals surface area (Å²) < 4.78 is 11.1. The van der Waals surface area contributed by atoms with E-state index in [1.54, 1.807) is 41.5 Å². The number of amides is 1. The fraction of sp³-hybridized carbons (Fsp3) is 0.679. The Morgan fingerprint density at radius 2 is 0.986 bits per heavy atom. The van der Waals surface area contributed by atoms with Crippen LogP contribution in [0.5, 0.6) is 0 Å². The fourth-order valence-electron chi connectivity index (χ4n) is 8.98. The zero-order chi connectivity index (χ0) is 52.0. The zero-order valence-electron chi connectivity index (χ0n) is 43.5. The van der Waals surface area contributed by atoms with Crippen molar-refractivity contribution in [2.75, 3.05) is 23.8 Å². The van der Waals surface area contributed by atoms with Gasteiger partial charge in [0.15, 0.2) is 0 Å². The predicted molar refractivity (Wildman–Crippen MR) is 281 cm³/mol. The minimum absolute atomic E-state index is 0.0290. The molecule has 4 atom stereocenters. The lowest BCUT2D eigenvalue weighted by Gasteiger charge is -2.52. The summed E-state index contributed by atoms with van der Waals surface area (Å²) in [5.74, 6) is -7.26. The van der Waals surface area contributed by atoms with Crippen molar-refractivity contribution < 1.29 is 49.1 Å². The molecule has 394 valence electrons. The predicted octanol–water partition coefficient (Wildman–Crippen LogP) is 13.6. The molecule has 1 saturated carbocycles. The fourth-order valence-corrected chi connectivity index (χ4v) is 9.32. The Morgan fingerprint density at radius 1 is 0.600 bits per heavy atom. The third kappa shape index (κ3) is 19.1. The molecule has 12 nitrogen and oxygen atoms in total. The van der Waals surface area contributed by atoms with Crippen LogP contribution in [0.25, 0.3) is 0 Å². The van der Waals surface area contributed by atoms with Crippen LogP contribution in [0, 0.1) is 28.6 Å². The topological polar surface area (TPSA) is 192 Å². The van der Waals surface area contributed by atoms with Crippen LogP contribution in [-0.4, -0.2) is 75.7 Å². The summed E-state index contributed by atoms with van der Waals surface area (Å²) >= 11 is 13.1. The summed E-state index contributed by atoms with van der Waals surface area (Å²) in [5, 5.41) is 53.0. The van der Waals surface area contributed by atoms with E-state index in [4.69, 9.17) is 32.7 Å². The lowest BCUT2D eigenvalue weighted by atomic mass is 9.57. The number of unbranched alkanes of at least 4 members (excludes halogenated alkanes) is 18. The molecule has 70 heavy (non-hydrogen) atoms. The van der Waals surface area contributed by atoms with Gasteiger partial charge in [-0.2, -0.15) is 0 Å². The summed E-state index contributed by atoms with van der Waals surface area (Å²) in [6.45, 7) is 14.8. The minimum Gasteiger partial charge on any atom is -0.511 e. The highest BCUT2D eigenvalue weighted by Crippen LogP contribution is 2.49. The van der Waals surface area contributed by atoms with E-state index in [2.05, 4.69) is 24.5 Å². The summed E-state index contributed by atoms with van der Waals surface area (Å²) in [5.41, 5.74) is -2.05. The largest absolute Gasteiger partial charge is 0.511 e. The molecule has 0 aliphatic heterocycles. The van der Waals surface area contributed by atoms with Gasteiger partial charge in [0.2, 0.25) is 0 Å². The molecule has 4 unspecified atom stereocenters. The van der Waals surface area contributed by atoms with Gasteiger partial charge in [0.25, 0.3) is 5.91 Å². The minimum atomic E-state index is -1.75. The lowest BCUT2D eigenvalue weighted by Crippen LogP contribution is -2.64. The van der Waals surface area contributed by atoms with Crippen LogP contribution in [0.1, 0.15) is 205 Å². The molecule has 0 saturated heterocycles. The molecule has 3 rings (SSSR count). The number of aliphatic hydroxyl groups is 4. The van der Waals surface area contributed by atoms with Crippen LogP contribution in [0.3, 0.4) is 0 Å². The van der Waals surface area contributed by atoms with Crippen molar-refractivity contribution in [1.82, 2.24) is 0 Å². The van der Waals surface area contributed by atoms with Crippen molar-refractivity contribution in [1.29, 1.82) is 0 Å². The number of Topliss-reactive ketones (excluding diaryl/α,β-unsaturated/α-hetero) is 1. The SMILES string of the molecule is CCCCCCCCCCCCOC(=O)c1ccc(Cl)c(NC(=O)/C(=C(\O)C(C)(C)C)C2C(O)C(C(C(=O)C(C)(C)C)C(O)Nc3cc(C(=O)OCCCCCCCCCCCC)ccc3Cl)C2O)c1. The molecule has 1 amide bonds. The first-order chi connectivity index (χ1) is 33.1. The first-order valence-electron chi connectivity index (χ1n) is 26.2. The molecule has 0 radical (unpaired) electrons. The number of halogens is 2. The van der Waals surface area contributed by atoms with Crippen LogP contribution in [0.4, 0.5) is 11.4 Å². The Hall–Kier alpha value is -3.68. The van der Waals surface area contributed by atoms with Gasteiger partial charge in [-0.15, -0.1) is 0 Å². The van der Waals surface area contributed by atoms with Crippen molar-refractivity contribution in [2.45, 2.75) is 202 Å². The van der Waals surface area contributed by atoms with Gasteiger partial charge in [-0.25, -0.2) is 9.59 Å². The van der Waals surface area contributed by atoms with Crippen LogP contribution in [0.15, 0.2) is 47.7 Å². The maximum Gasteiger partial charge on any atom is 0.338 e. The van der Waals surface area contributed by atoms with E-state index in [0.717, 1.165) is 51.4 Å². The van der Waals surface area contributed by atoms with Crippen LogP contribution in [0.2, 0.25) is 10.0 Å². The van der Waals surface area contributed by atoms with E-state index in [-0.39, 0.29) is 51.3 Å². The molecule has 0 bridgehead atoms. The number of allylic oxidation sites excluding steroid dienone is 1. The highest BCUT2D eigenvalue weighted by Gasteiger charge is 2.60. The van der Waals surface area contributed by atoms with E-state index in [1.165, 1.54) is 113 Å². The molecule has 1 aliphatic carbocycles. The number of ketones is 1. The Bertz CT molecular complexity index is 1980. The van der Waals surface area contributed by atoms with Crippen LogP contribution in [-0.2, 0) is 19.1 Å². The standard InChI is InChI=1S/C56H86Cl2N2O10/c1-9-11-13-15-17-19-21-23-25-27-33-69-53(67)37-29-31-39(57)41(35-37)59-51(65)45(49(63)55(3,4)5)43-47(61)44(48(43)62)46(50(64)56(6,7)8)52(66)60-42-36-38(30-32-40(42)58)54(68)70-34-28-26-24-22-20-18-16-14-12-10-2/h29-32,35-36,43-45,47-48,51,59,61-62,64-65H,9-28,33-34H2,1-8H3,(H,60,66)/b50-46-. The Morgan fingerprint density at radius 3 is 1.39 bits per heavy atom. The van der Waals surface area contributed by atoms with Gasteiger partial charge in [0.1, 0.15) is 17.8 Å². The molecule has 1 aliphatic rings. The first-order valence-corrected chi connectivity index (χ1v) is 26.9. The number of benzene rings is 2. The number of rotatable bonds is 32. The number of hydrogen-bond donors (Lipinski definition) is 6. The summed E-state index contributed by atoms with van der Waals surface area (Å²) in [6.07, 6.45) is 17.8. The molecule has 2 aromatic carbocycles. The second-order valence-electron chi connectivity index (χ2n) is 21.3. The Labute approximate surface area is 429 Å². The molecule has 14 heteroatoms. The van der Waals surface area contributed by atoms with E-state index in [1.807, 2.05) is 0 Å². The van der Waals surface area contributed by atoms with Crippen molar-refractivity contribution in [3.63, 3.8) is 0 Å². The summed E-state index contributed by atoms with van der Waals surface area (Å²) in [7, 11) is 0. The molecule has 0 heterocycles. The molecule has 0 aromatic heterocycles. The molecular formula is C56H86Cl2N2O10. The molecule has 2 aromatic rings. The molecule has 1 fully saturated rings. The van der Waals surface area contributed by atoms with Gasteiger partial charge in [0.05, 0.1) is 69.5 Å². The number of anilines is 2. The highest BCUT2D eigenvalue weighted by molar-refractivity contribution is 6.34. The monoisotopic (exact) mass is 1020 g/mol. The van der Waals surface area contributed by atoms with Crippen molar-refractivity contribution >= 4 is 58.2 Å². The number of carbonyl (C=O) groups excluding carboxylic acids is 4. The maximum atomic E-state index is 14.3. The number of esters is 2. The lowest BCUT2D eigenvalue weighted by molar-refractivity contribution is -0.182. The molecular weight excluding hydrogens is 932 g/mol. The number of nitrogens with one attached hydrogen (secondary N) is 2. The van der Waals surface area contributed by atoms with Gasteiger partial charge >= 0.3 is 11.9 Å². The second kappa shape index (κ2) is 30.4. The van der Waals surface area contributed by atoms with Gasteiger partial charge in [-0.1, -0.05) is 194 Å². The maximum absolute atomic E-state index is 14.3. The van der Waals surface area contributed by atoms with Crippen LogP contribution >= 0.6 is 23.2 Å². The van der Waals surface area contributed by atoms with Crippen molar-refractivity contribution in [3.8, 4) is 0 Å². The molecule has 0 spiro atoms. The summed E-state index contributed by atoms with van der Waals surface area (Å²) in [4.78, 5) is 54.6. The Balaban J connectivity index is 1.73. The summed E-state index contributed by atoms with van der Waals surface area (Å²) in [6, 6.07) is 8.65. The van der Waals surface area contributed by atoms with E-state index < -0.39 is 76.4 Å². The average Bonchev–Trinajstić information content (AvgIpc) is 3.30. The van der Waals surface area contributed by atoms with E-state index in [9.17, 15) is 39.6 Å². The van der Waals surface area contributed by atoms with Gasteiger partial charge in [0, 0.05) is 22.7 Å². The quantitative estimate of drug-likeness (QED) is 0.0134. The third-order valence-electron chi connectivity index (χ3n) is 13.3. The number of aliphatic hydroxyl groups excluding tert-OH is 4. The third-order valence-corrected chi connectivity index (χ3v) is 13.9. The number of carbonyl (C=O) groups is 4. The van der Waals surface area contributed by atoms with Crippen LogP contribution < -0.4 is 10.6 Å². The number of hydrogen-bond acceptors (Lipinski definition) is 11. The van der Waals surface area contributed by atoms with Crippen molar-refractivity contribution in [3.05, 3.63) is 68.9 Å². The first kappa shape index (κ1) is 60.6. The van der Waals surface area contributed by atoms with E-state index in [0.29, 0.717) is 0 Å². The second-order valence-corrected chi connectivity index (χ2v) is 22.1.